The standard InChI is InChI=1S/C13H17N3S/c1-9(12-5-4-8-17-12)16-11(3)13-10(2)14-6-7-15-13/h4-9,11,16H,1-3H3/t9-,11?/m0/s1. The number of rotatable bonds is 4. The van der Waals surface area contributed by atoms with Gasteiger partial charge >= 0.3 is 0 Å². The molecule has 17 heavy (non-hydrogen) atoms. The summed E-state index contributed by atoms with van der Waals surface area (Å²) in [6.45, 7) is 6.30. The molecule has 0 aliphatic heterocycles. The summed E-state index contributed by atoms with van der Waals surface area (Å²) in [5, 5.41) is 5.65. The molecule has 4 heteroatoms. The van der Waals surface area contributed by atoms with Crippen LogP contribution in [0.4, 0.5) is 0 Å². The smallest absolute Gasteiger partial charge is 0.0782 e. The summed E-state index contributed by atoms with van der Waals surface area (Å²) < 4.78 is 0. The molecule has 0 aromatic carbocycles. The largest absolute Gasteiger partial charge is 0.301 e. The van der Waals surface area contributed by atoms with E-state index in [1.807, 2.05) is 6.92 Å². The number of hydrogen-bond acceptors (Lipinski definition) is 4. The third-order valence-electron chi connectivity index (χ3n) is 2.80. The van der Waals surface area contributed by atoms with Gasteiger partial charge in [0, 0.05) is 29.4 Å². The Morgan fingerprint density at radius 2 is 1.94 bits per heavy atom. The lowest BCUT2D eigenvalue weighted by Gasteiger charge is -2.19. The highest BCUT2D eigenvalue weighted by atomic mass is 32.1. The van der Waals surface area contributed by atoms with E-state index >= 15 is 0 Å². The summed E-state index contributed by atoms with van der Waals surface area (Å²) in [6.07, 6.45) is 3.48. The van der Waals surface area contributed by atoms with E-state index in [0.29, 0.717) is 6.04 Å². The van der Waals surface area contributed by atoms with Gasteiger partial charge in [-0.2, -0.15) is 0 Å². The van der Waals surface area contributed by atoms with Gasteiger partial charge in [-0.1, -0.05) is 6.07 Å². The molecule has 0 fully saturated rings. The summed E-state index contributed by atoms with van der Waals surface area (Å²) >= 11 is 1.77. The van der Waals surface area contributed by atoms with Crippen molar-refractivity contribution in [3.8, 4) is 0 Å². The number of thiophene rings is 1. The molecule has 2 aromatic heterocycles. The van der Waals surface area contributed by atoms with Crippen molar-refractivity contribution in [1.82, 2.24) is 15.3 Å². The van der Waals surface area contributed by atoms with Gasteiger partial charge in [0.2, 0.25) is 0 Å². The Balaban J connectivity index is 2.07. The van der Waals surface area contributed by atoms with Crippen molar-refractivity contribution in [1.29, 1.82) is 0 Å². The zero-order valence-electron chi connectivity index (χ0n) is 10.3. The molecule has 0 spiro atoms. The Kier molecular flexibility index (Phi) is 3.86. The van der Waals surface area contributed by atoms with Gasteiger partial charge in [-0.15, -0.1) is 11.3 Å². The zero-order chi connectivity index (χ0) is 12.3. The van der Waals surface area contributed by atoms with Gasteiger partial charge in [0.25, 0.3) is 0 Å². The molecule has 2 atom stereocenters. The van der Waals surface area contributed by atoms with E-state index in [0.717, 1.165) is 11.4 Å². The SMILES string of the molecule is Cc1nccnc1C(C)N[C@@H](C)c1cccs1. The predicted octanol–water partition coefficient (Wildman–Crippen LogP) is 3.26. The summed E-state index contributed by atoms with van der Waals surface area (Å²) in [6, 6.07) is 4.78. The van der Waals surface area contributed by atoms with Crippen LogP contribution in [0, 0.1) is 6.92 Å². The minimum Gasteiger partial charge on any atom is -0.301 e. The van der Waals surface area contributed by atoms with Gasteiger partial charge in [0.15, 0.2) is 0 Å². The lowest BCUT2D eigenvalue weighted by Crippen LogP contribution is -2.23. The van der Waals surface area contributed by atoms with E-state index in [1.54, 1.807) is 23.7 Å². The molecule has 1 N–H and O–H groups in total. The Morgan fingerprint density at radius 3 is 2.59 bits per heavy atom. The number of aryl methyl sites for hydroxylation is 1. The lowest BCUT2D eigenvalue weighted by atomic mass is 10.1. The Bertz CT molecular complexity index is 467. The average molecular weight is 247 g/mol. The Morgan fingerprint density at radius 1 is 1.18 bits per heavy atom. The molecule has 2 rings (SSSR count). The van der Waals surface area contributed by atoms with Crippen LogP contribution in [-0.2, 0) is 0 Å². The van der Waals surface area contributed by atoms with Crippen LogP contribution in [0.15, 0.2) is 29.9 Å². The Labute approximate surface area is 106 Å². The third kappa shape index (κ3) is 2.90. The summed E-state index contributed by atoms with van der Waals surface area (Å²) in [5.74, 6) is 0. The molecular formula is C13H17N3S. The maximum absolute atomic E-state index is 4.39. The Hall–Kier alpha value is -1.26. The molecule has 0 saturated carbocycles. The van der Waals surface area contributed by atoms with Gasteiger partial charge < -0.3 is 5.32 Å². The first-order chi connectivity index (χ1) is 8.18. The van der Waals surface area contributed by atoms with E-state index in [2.05, 4.69) is 46.6 Å². The molecule has 0 bridgehead atoms. The predicted molar refractivity (Wildman–Crippen MR) is 71.1 cm³/mol. The van der Waals surface area contributed by atoms with Gasteiger partial charge in [-0.3, -0.25) is 9.97 Å². The normalized spacial score (nSPS) is 14.5. The molecule has 0 radical (unpaired) electrons. The van der Waals surface area contributed by atoms with Crippen molar-refractivity contribution in [3.05, 3.63) is 46.2 Å². The van der Waals surface area contributed by atoms with Crippen molar-refractivity contribution >= 4 is 11.3 Å². The number of hydrogen-bond donors (Lipinski definition) is 1. The number of aromatic nitrogens is 2. The second-order valence-corrected chi connectivity index (χ2v) is 5.13. The van der Waals surface area contributed by atoms with Gasteiger partial charge in [0.1, 0.15) is 0 Å². The van der Waals surface area contributed by atoms with Crippen LogP contribution in [0.25, 0.3) is 0 Å². The van der Waals surface area contributed by atoms with Crippen LogP contribution < -0.4 is 5.32 Å². The fourth-order valence-corrected chi connectivity index (χ4v) is 2.66. The van der Waals surface area contributed by atoms with Gasteiger partial charge in [-0.25, -0.2) is 0 Å². The molecule has 90 valence electrons. The highest BCUT2D eigenvalue weighted by Crippen LogP contribution is 2.22. The second-order valence-electron chi connectivity index (χ2n) is 4.15. The first kappa shape index (κ1) is 12.2. The molecule has 2 heterocycles. The maximum Gasteiger partial charge on any atom is 0.0782 e. The van der Waals surface area contributed by atoms with E-state index in [1.165, 1.54) is 4.88 Å². The molecule has 0 aliphatic carbocycles. The minimum absolute atomic E-state index is 0.209. The van der Waals surface area contributed by atoms with Crippen LogP contribution in [0.1, 0.15) is 42.2 Å². The van der Waals surface area contributed by atoms with Crippen molar-refractivity contribution < 1.29 is 0 Å². The van der Waals surface area contributed by atoms with E-state index in [4.69, 9.17) is 0 Å². The van der Waals surface area contributed by atoms with Crippen LogP contribution in [-0.4, -0.2) is 9.97 Å². The topological polar surface area (TPSA) is 37.8 Å². The first-order valence-electron chi connectivity index (χ1n) is 5.75. The highest BCUT2D eigenvalue weighted by molar-refractivity contribution is 7.10. The fourth-order valence-electron chi connectivity index (χ4n) is 1.92. The lowest BCUT2D eigenvalue weighted by molar-refractivity contribution is 0.488. The van der Waals surface area contributed by atoms with Crippen molar-refractivity contribution in [3.63, 3.8) is 0 Å². The molecule has 2 aromatic rings. The maximum atomic E-state index is 4.39. The summed E-state index contributed by atoms with van der Waals surface area (Å²) in [5.41, 5.74) is 2.02. The van der Waals surface area contributed by atoms with E-state index in [-0.39, 0.29) is 6.04 Å². The van der Waals surface area contributed by atoms with Crippen LogP contribution >= 0.6 is 11.3 Å². The van der Waals surface area contributed by atoms with Gasteiger partial charge in [-0.05, 0) is 32.2 Å². The quantitative estimate of drug-likeness (QED) is 0.901. The summed E-state index contributed by atoms with van der Waals surface area (Å²) in [4.78, 5) is 10.0. The summed E-state index contributed by atoms with van der Waals surface area (Å²) in [7, 11) is 0. The van der Waals surface area contributed by atoms with Crippen LogP contribution in [0.5, 0.6) is 0 Å². The van der Waals surface area contributed by atoms with Crippen LogP contribution in [0.2, 0.25) is 0 Å². The van der Waals surface area contributed by atoms with Crippen molar-refractivity contribution in [2.24, 2.45) is 0 Å². The zero-order valence-corrected chi connectivity index (χ0v) is 11.2. The number of nitrogens with one attached hydrogen (secondary N) is 1. The fraction of sp³-hybridized carbons (Fsp3) is 0.385. The third-order valence-corrected chi connectivity index (χ3v) is 3.85. The van der Waals surface area contributed by atoms with Gasteiger partial charge in [0.05, 0.1) is 11.4 Å². The minimum atomic E-state index is 0.209. The van der Waals surface area contributed by atoms with Crippen molar-refractivity contribution in [2.45, 2.75) is 32.9 Å². The molecule has 3 nitrogen and oxygen atoms in total. The molecule has 1 unspecified atom stereocenters. The second kappa shape index (κ2) is 5.38. The average Bonchev–Trinajstić information content (AvgIpc) is 2.82. The van der Waals surface area contributed by atoms with Crippen LogP contribution in [0.3, 0.4) is 0 Å². The molecule has 0 saturated heterocycles. The van der Waals surface area contributed by atoms with Crippen molar-refractivity contribution in [2.75, 3.05) is 0 Å². The molecule has 0 aliphatic rings. The molecule has 0 amide bonds. The first-order valence-corrected chi connectivity index (χ1v) is 6.63. The molecular weight excluding hydrogens is 230 g/mol. The highest BCUT2D eigenvalue weighted by Gasteiger charge is 2.14. The monoisotopic (exact) mass is 247 g/mol. The number of nitrogens with zero attached hydrogens (tertiary/aromatic N) is 2. The van der Waals surface area contributed by atoms with E-state index in [9.17, 15) is 0 Å². The van der Waals surface area contributed by atoms with E-state index < -0.39 is 0 Å².